The van der Waals surface area contributed by atoms with Gasteiger partial charge in [0.15, 0.2) is 6.21 Å². The van der Waals surface area contributed by atoms with Crippen LogP contribution in [-0.2, 0) is 0 Å². The number of hydrogen-bond donors (Lipinski definition) is 1. The van der Waals surface area contributed by atoms with Gasteiger partial charge >= 0.3 is 0 Å². The average molecular weight is 316 g/mol. The Balaban J connectivity index is 1.43. The molecule has 1 fully saturated rings. The molecule has 2 aromatic carbocycles. The smallest absolute Gasteiger partial charge is 0.170 e. The number of nitrogens with one attached hydrogen (secondary N) is 1. The zero-order chi connectivity index (χ0) is 16.2. The Kier molecular flexibility index (Phi) is 4.24. The molecule has 0 spiro atoms. The van der Waals surface area contributed by atoms with Gasteiger partial charge < -0.3 is 4.98 Å². The molecule has 4 rings (SSSR count). The Bertz CT molecular complexity index is 792. The molecule has 1 aliphatic heterocycles. The van der Waals surface area contributed by atoms with Gasteiger partial charge in [-0.2, -0.15) is 0 Å². The van der Waals surface area contributed by atoms with E-state index in [0.717, 1.165) is 31.8 Å². The van der Waals surface area contributed by atoms with E-state index in [1.54, 1.807) is 0 Å². The van der Waals surface area contributed by atoms with E-state index in [1.165, 1.54) is 16.7 Å². The van der Waals surface area contributed by atoms with Crippen molar-refractivity contribution >= 4 is 6.21 Å². The van der Waals surface area contributed by atoms with Crippen LogP contribution in [0.25, 0.3) is 11.1 Å². The van der Waals surface area contributed by atoms with Crippen molar-refractivity contribution in [2.75, 3.05) is 13.1 Å². The lowest BCUT2D eigenvalue weighted by Gasteiger charge is -2.18. The van der Waals surface area contributed by atoms with E-state index >= 15 is 0 Å². The van der Waals surface area contributed by atoms with Crippen molar-refractivity contribution in [3.05, 3.63) is 78.4 Å². The number of rotatable bonds is 3. The van der Waals surface area contributed by atoms with Crippen molar-refractivity contribution in [2.45, 2.75) is 18.8 Å². The molecular weight excluding hydrogens is 294 g/mol. The second-order valence-electron chi connectivity index (χ2n) is 6.40. The molecule has 2 heterocycles. The molecule has 0 amide bonds. The van der Waals surface area contributed by atoms with Crippen LogP contribution in [0.3, 0.4) is 0 Å². The lowest BCUT2D eigenvalue weighted by Crippen LogP contribution is -2.26. The third-order valence-electron chi connectivity index (χ3n) is 4.79. The number of aromatic nitrogens is 2. The minimum atomic E-state index is 0.574. The van der Waals surface area contributed by atoms with Crippen LogP contribution in [0.5, 0.6) is 0 Å². The summed E-state index contributed by atoms with van der Waals surface area (Å²) < 4.78 is 2.43. The lowest BCUT2D eigenvalue weighted by molar-refractivity contribution is -0.534. The molecule has 1 aliphatic rings. The van der Waals surface area contributed by atoms with E-state index in [1.807, 2.05) is 12.4 Å². The highest BCUT2D eigenvalue weighted by Gasteiger charge is 2.23. The molecule has 1 N–H and O–H groups in total. The topological polar surface area (TPSA) is 31.7 Å². The first-order chi connectivity index (χ1) is 11.9. The number of imidazole rings is 1. The second kappa shape index (κ2) is 6.83. The van der Waals surface area contributed by atoms with Crippen LogP contribution in [0.4, 0.5) is 0 Å². The van der Waals surface area contributed by atoms with Crippen molar-refractivity contribution in [1.29, 1.82) is 0 Å². The number of H-pyrrole nitrogens is 1. The maximum absolute atomic E-state index is 4.40. The molecule has 0 unspecified atom stereocenters. The molecular formula is C21H22N3+. The van der Waals surface area contributed by atoms with Crippen molar-refractivity contribution in [1.82, 2.24) is 9.97 Å². The molecule has 0 saturated carbocycles. The molecule has 24 heavy (non-hydrogen) atoms. The van der Waals surface area contributed by atoms with Gasteiger partial charge in [-0.15, -0.1) is 0 Å². The summed E-state index contributed by atoms with van der Waals surface area (Å²) in [7, 11) is 0. The number of benzene rings is 2. The molecule has 3 aromatic rings. The normalized spacial score (nSPS) is 17.7. The van der Waals surface area contributed by atoms with Gasteiger partial charge in [-0.1, -0.05) is 42.5 Å². The SMILES string of the molecule is C(c1ccc(-c2ccccc2)cc1)=[N+]1CCC(c2ncc[nH]2)CC1. The minimum absolute atomic E-state index is 0.574. The van der Waals surface area contributed by atoms with E-state index in [-0.39, 0.29) is 0 Å². The molecule has 0 atom stereocenters. The first-order valence-electron chi connectivity index (χ1n) is 8.62. The van der Waals surface area contributed by atoms with Gasteiger partial charge in [-0.25, -0.2) is 9.56 Å². The number of piperidine rings is 1. The van der Waals surface area contributed by atoms with E-state index in [9.17, 15) is 0 Å². The fraction of sp³-hybridized carbons (Fsp3) is 0.238. The maximum Gasteiger partial charge on any atom is 0.170 e. The van der Waals surface area contributed by atoms with Gasteiger partial charge in [0.05, 0.1) is 0 Å². The quantitative estimate of drug-likeness (QED) is 0.725. The van der Waals surface area contributed by atoms with E-state index in [0.29, 0.717) is 5.92 Å². The van der Waals surface area contributed by atoms with Crippen molar-refractivity contribution in [2.24, 2.45) is 0 Å². The second-order valence-corrected chi connectivity index (χ2v) is 6.40. The first-order valence-corrected chi connectivity index (χ1v) is 8.62. The minimum Gasteiger partial charge on any atom is -0.348 e. The number of nitrogens with zero attached hydrogens (tertiary/aromatic N) is 2. The van der Waals surface area contributed by atoms with E-state index in [4.69, 9.17) is 0 Å². The van der Waals surface area contributed by atoms with Crippen LogP contribution < -0.4 is 0 Å². The number of hydrogen-bond acceptors (Lipinski definition) is 1. The summed E-state index contributed by atoms with van der Waals surface area (Å²) in [6.45, 7) is 2.18. The fourth-order valence-corrected chi connectivity index (χ4v) is 3.41. The van der Waals surface area contributed by atoms with Gasteiger partial charge in [0.2, 0.25) is 0 Å². The Labute approximate surface area is 142 Å². The zero-order valence-corrected chi connectivity index (χ0v) is 13.7. The Hall–Kier alpha value is -2.68. The molecule has 0 radical (unpaired) electrons. The van der Waals surface area contributed by atoms with Crippen LogP contribution in [-0.4, -0.2) is 33.8 Å². The van der Waals surface area contributed by atoms with Crippen LogP contribution in [0.2, 0.25) is 0 Å². The van der Waals surface area contributed by atoms with E-state index in [2.05, 4.69) is 75.4 Å². The highest BCUT2D eigenvalue weighted by molar-refractivity contribution is 5.77. The van der Waals surface area contributed by atoms with Gasteiger partial charge in [0.1, 0.15) is 18.9 Å². The van der Waals surface area contributed by atoms with Crippen molar-refractivity contribution in [3.63, 3.8) is 0 Å². The van der Waals surface area contributed by atoms with Crippen LogP contribution in [0.15, 0.2) is 67.0 Å². The molecule has 3 nitrogen and oxygen atoms in total. The molecule has 1 saturated heterocycles. The van der Waals surface area contributed by atoms with E-state index < -0.39 is 0 Å². The third-order valence-corrected chi connectivity index (χ3v) is 4.79. The summed E-state index contributed by atoms with van der Waals surface area (Å²) in [4.78, 5) is 7.66. The van der Waals surface area contributed by atoms with Gasteiger partial charge in [0.25, 0.3) is 0 Å². The lowest BCUT2D eigenvalue weighted by atomic mass is 9.97. The van der Waals surface area contributed by atoms with Gasteiger partial charge in [-0.3, -0.25) is 0 Å². The summed E-state index contributed by atoms with van der Waals surface area (Å²) in [5.41, 5.74) is 3.80. The molecule has 120 valence electrons. The van der Waals surface area contributed by atoms with Crippen LogP contribution in [0.1, 0.15) is 30.1 Å². The molecule has 0 aliphatic carbocycles. The molecule has 3 heteroatoms. The van der Waals surface area contributed by atoms with Crippen molar-refractivity contribution < 1.29 is 4.58 Å². The van der Waals surface area contributed by atoms with Gasteiger partial charge in [0, 0.05) is 36.7 Å². The molecule has 1 aromatic heterocycles. The summed E-state index contributed by atoms with van der Waals surface area (Å²) in [6, 6.07) is 19.3. The zero-order valence-electron chi connectivity index (χ0n) is 13.7. The monoisotopic (exact) mass is 316 g/mol. The van der Waals surface area contributed by atoms with Crippen molar-refractivity contribution in [3.8, 4) is 11.1 Å². The first kappa shape index (κ1) is 14.9. The summed E-state index contributed by atoms with van der Waals surface area (Å²) >= 11 is 0. The predicted molar refractivity (Wildman–Crippen MR) is 97.6 cm³/mol. The Morgan fingerprint density at radius 2 is 1.62 bits per heavy atom. The number of aromatic amines is 1. The molecule has 0 bridgehead atoms. The standard InChI is InChI=1S/C21H22N3/c1-2-4-18(5-3-1)19-8-6-17(7-9-19)16-24-14-10-20(11-15-24)21-22-12-13-23-21/h1-9,12-13,16,20H,10-11,14-15H2,(H,22,23)/q+1. The third kappa shape index (κ3) is 3.30. The maximum atomic E-state index is 4.40. The van der Waals surface area contributed by atoms with Crippen LogP contribution in [0, 0.1) is 0 Å². The summed E-state index contributed by atoms with van der Waals surface area (Å²) in [5, 5.41) is 0. The fourth-order valence-electron chi connectivity index (χ4n) is 3.41. The average Bonchev–Trinajstić information content (AvgIpc) is 3.18. The van der Waals surface area contributed by atoms with Gasteiger partial charge in [-0.05, 0) is 23.3 Å². The Morgan fingerprint density at radius 3 is 2.29 bits per heavy atom. The highest BCUT2D eigenvalue weighted by atomic mass is 15.0. The summed E-state index contributed by atoms with van der Waals surface area (Å²) in [6.07, 6.45) is 8.37. The van der Waals surface area contributed by atoms with Crippen LogP contribution >= 0.6 is 0 Å². The largest absolute Gasteiger partial charge is 0.348 e. The highest BCUT2D eigenvalue weighted by Crippen LogP contribution is 2.24. The predicted octanol–water partition coefficient (Wildman–Crippen LogP) is 4.09. The Morgan fingerprint density at radius 1 is 0.917 bits per heavy atom. The summed E-state index contributed by atoms with van der Waals surface area (Å²) in [5.74, 6) is 1.71.